The Kier molecular flexibility index (Phi) is 6.85. The van der Waals surface area contributed by atoms with Crippen molar-refractivity contribution in [3.05, 3.63) is 48.6 Å². The van der Waals surface area contributed by atoms with Gasteiger partial charge in [0.1, 0.15) is 0 Å². The van der Waals surface area contributed by atoms with Crippen molar-refractivity contribution in [3.8, 4) is 0 Å². The third-order valence-corrected chi connectivity index (χ3v) is 8.65. The molecule has 0 aliphatic heterocycles. The van der Waals surface area contributed by atoms with Gasteiger partial charge in [0.05, 0.1) is 19.3 Å². The first kappa shape index (κ1) is 18.1. The van der Waals surface area contributed by atoms with E-state index in [-0.39, 0.29) is 11.1 Å². The van der Waals surface area contributed by atoms with Gasteiger partial charge >= 0.3 is 0 Å². The predicted octanol–water partition coefficient (Wildman–Crippen LogP) is 5.17. The molecule has 1 rings (SSSR count). The van der Waals surface area contributed by atoms with Crippen LogP contribution in [0.4, 0.5) is 0 Å². The molecule has 0 saturated carbocycles. The summed E-state index contributed by atoms with van der Waals surface area (Å²) in [4.78, 5) is 0. The molecule has 0 aliphatic carbocycles. The molecule has 1 aromatic carbocycles. The van der Waals surface area contributed by atoms with E-state index in [0.717, 1.165) is 6.42 Å². The number of benzene rings is 1. The van der Waals surface area contributed by atoms with Gasteiger partial charge in [0.2, 0.25) is 0 Å². The predicted molar refractivity (Wildman–Crippen MR) is 93.0 cm³/mol. The Hall–Kier alpha value is -0.903. The summed E-state index contributed by atoms with van der Waals surface area (Å²) in [6.45, 7) is 16.4. The molecule has 3 heteroatoms. The summed E-state index contributed by atoms with van der Waals surface area (Å²) in [6, 6.07) is 10.2. The molecule has 1 aromatic rings. The van der Waals surface area contributed by atoms with Gasteiger partial charge in [-0.3, -0.25) is 0 Å². The van der Waals surface area contributed by atoms with E-state index in [4.69, 9.17) is 9.16 Å². The minimum Gasteiger partial charge on any atom is -0.411 e. The summed E-state index contributed by atoms with van der Waals surface area (Å²) in [5, 5.41) is 0.214. The smallest absolute Gasteiger partial charge is 0.192 e. The van der Waals surface area contributed by atoms with Crippen molar-refractivity contribution >= 4 is 8.32 Å². The first-order valence-electron chi connectivity index (χ1n) is 7.66. The van der Waals surface area contributed by atoms with Crippen LogP contribution in [-0.4, -0.2) is 21.0 Å². The van der Waals surface area contributed by atoms with E-state index in [1.165, 1.54) is 5.56 Å². The van der Waals surface area contributed by atoms with Gasteiger partial charge in [0.15, 0.2) is 8.32 Å². The SMILES string of the molecule is C=CCC(COCc1ccccc1)O[Si](C)(C)C(C)(C)C. The Morgan fingerprint density at radius 1 is 1.19 bits per heavy atom. The van der Waals surface area contributed by atoms with Crippen molar-refractivity contribution in [2.24, 2.45) is 0 Å². The Bertz CT molecular complexity index is 421. The van der Waals surface area contributed by atoms with Gasteiger partial charge in [0, 0.05) is 0 Å². The average Bonchev–Trinajstić information content (AvgIpc) is 2.38. The quantitative estimate of drug-likeness (QED) is 0.487. The molecule has 0 spiro atoms. The fourth-order valence-corrected chi connectivity index (χ4v) is 3.16. The maximum Gasteiger partial charge on any atom is 0.192 e. The molecular formula is C18H30O2Si. The molecule has 0 N–H and O–H groups in total. The van der Waals surface area contributed by atoms with Crippen LogP contribution >= 0.6 is 0 Å². The number of rotatable bonds is 8. The average molecular weight is 307 g/mol. The van der Waals surface area contributed by atoms with Crippen LogP contribution in [0.5, 0.6) is 0 Å². The van der Waals surface area contributed by atoms with E-state index in [1.54, 1.807) is 0 Å². The van der Waals surface area contributed by atoms with Crippen molar-refractivity contribution in [1.29, 1.82) is 0 Å². The lowest BCUT2D eigenvalue weighted by atomic mass is 10.2. The van der Waals surface area contributed by atoms with Gasteiger partial charge < -0.3 is 9.16 Å². The molecule has 1 unspecified atom stereocenters. The molecule has 118 valence electrons. The van der Waals surface area contributed by atoms with Gasteiger partial charge in [-0.25, -0.2) is 0 Å². The third kappa shape index (κ3) is 6.16. The van der Waals surface area contributed by atoms with Crippen LogP contribution in [0.1, 0.15) is 32.8 Å². The Morgan fingerprint density at radius 3 is 2.33 bits per heavy atom. The number of hydrogen-bond donors (Lipinski definition) is 0. The highest BCUT2D eigenvalue weighted by molar-refractivity contribution is 6.74. The zero-order chi connectivity index (χ0) is 15.9. The molecule has 0 saturated heterocycles. The lowest BCUT2D eigenvalue weighted by Crippen LogP contribution is -2.45. The normalized spacial score (nSPS) is 14.0. The van der Waals surface area contributed by atoms with Crippen molar-refractivity contribution in [2.45, 2.75) is 58.0 Å². The molecule has 0 amide bonds. The Morgan fingerprint density at radius 2 is 1.81 bits per heavy atom. The van der Waals surface area contributed by atoms with Crippen LogP contribution in [0.25, 0.3) is 0 Å². The second-order valence-corrected chi connectivity index (χ2v) is 11.8. The van der Waals surface area contributed by atoms with Crippen molar-refractivity contribution in [2.75, 3.05) is 6.61 Å². The van der Waals surface area contributed by atoms with E-state index in [1.807, 2.05) is 24.3 Å². The van der Waals surface area contributed by atoms with E-state index in [0.29, 0.717) is 13.2 Å². The molecule has 0 aromatic heterocycles. The lowest BCUT2D eigenvalue weighted by molar-refractivity contribution is 0.0359. The second-order valence-electron chi connectivity index (χ2n) is 7.03. The third-order valence-electron chi connectivity index (χ3n) is 4.11. The largest absolute Gasteiger partial charge is 0.411 e. The molecule has 0 heterocycles. The van der Waals surface area contributed by atoms with E-state index >= 15 is 0 Å². The first-order chi connectivity index (χ1) is 9.76. The van der Waals surface area contributed by atoms with Crippen LogP contribution in [-0.2, 0) is 15.8 Å². The van der Waals surface area contributed by atoms with Crippen LogP contribution in [0, 0.1) is 0 Å². The molecule has 0 bridgehead atoms. The standard InChI is InChI=1S/C18H30O2Si/c1-7-11-17(20-21(5,6)18(2,3)4)15-19-14-16-12-9-8-10-13-16/h7-10,12-13,17H,1,11,14-15H2,2-6H3. The maximum absolute atomic E-state index is 6.42. The fourth-order valence-electron chi connectivity index (χ4n) is 1.81. The Balaban J connectivity index is 2.52. The van der Waals surface area contributed by atoms with Gasteiger partial charge in [-0.15, -0.1) is 6.58 Å². The van der Waals surface area contributed by atoms with Crippen LogP contribution in [0.3, 0.4) is 0 Å². The molecule has 21 heavy (non-hydrogen) atoms. The molecule has 0 radical (unpaired) electrons. The van der Waals surface area contributed by atoms with Crippen molar-refractivity contribution in [1.82, 2.24) is 0 Å². The molecular weight excluding hydrogens is 276 g/mol. The van der Waals surface area contributed by atoms with Crippen LogP contribution < -0.4 is 0 Å². The Labute approximate surface area is 131 Å². The van der Waals surface area contributed by atoms with Crippen molar-refractivity contribution < 1.29 is 9.16 Å². The van der Waals surface area contributed by atoms with Gasteiger partial charge in [-0.2, -0.15) is 0 Å². The number of hydrogen-bond acceptors (Lipinski definition) is 2. The lowest BCUT2D eigenvalue weighted by Gasteiger charge is -2.39. The van der Waals surface area contributed by atoms with E-state index in [9.17, 15) is 0 Å². The minimum absolute atomic E-state index is 0.104. The van der Waals surface area contributed by atoms with Crippen LogP contribution in [0.15, 0.2) is 43.0 Å². The van der Waals surface area contributed by atoms with E-state index in [2.05, 4.69) is 52.6 Å². The zero-order valence-electron chi connectivity index (χ0n) is 14.2. The highest BCUT2D eigenvalue weighted by atomic mass is 28.4. The monoisotopic (exact) mass is 306 g/mol. The zero-order valence-corrected chi connectivity index (χ0v) is 15.2. The molecule has 1 atom stereocenters. The highest BCUT2D eigenvalue weighted by Crippen LogP contribution is 2.37. The van der Waals surface area contributed by atoms with Gasteiger partial charge in [-0.1, -0.05) is 57.2 Å². The summed E-state index contributed by atoms with van der Waals surface area (Å²) in [5.74, 6) is 0. The molecule has 0 fully saturated rings. The summed E-state index contributed by atoms with van der Waals surface area (Å²) >= 11 is 0. The number of ether oxygens (including phenoxy) is 1. The summed E-state index contributed by atoms with van der Waals surface area (Å²) in [6.07, 6.45) is 2.86. The molecule has 0 aliphatic rings. The molecule has 2 nitrogen and oxygen atoms in total. The van der Waals surface area contributed by atoms with E-state index < -0.39 is 8.32 Å². The van der Waals surface area contributed by atoms with Gasteiger partial charge in [-0.05, 0) is 30.1 Å². The summed E-state index contributed by atoms with van der Waals surface area (Å²) < 4.78 is 12.3. The first-order valence-corrected chi connectivity index (χ1v) is 10.6. The summed E-state index contributed by atoms with van der Waals surface area (Å²) in [7, 11) is -1.76. The highest BCUT2D eigenvalue weighted by Gasteiger charge is 2.38. The fraction of sp³-hybridized carbons (Fsp3) is 0.556. The maximum atomic E-state index is 6.42. The topological polar surface area (TPSA) is 18.5 Å². The van der Waals surface area contributed by atoms with Crippen LogP contribution in [0.2, 0.25) is 18.1 Å². The summed E-state index contributed by atoms with van der Waals surface area (Å²) in [5.41, 5.74) is 1.20. The minimum atomic E-state index is -1.76. The van der Waals surface area contributed by atoms with Crippen molar-refractivity contribution in [3.63, 3.8) is 0 Å². The second kappa shape index (κ2) is 7.92. The van der Waals surface area contributed by atoms with Gasteiger partial charge in [0.25, 0.3) is 0 Å².